The Morgan fingerprint density at radius 2 is 1.79 bits per heavy atom. The SMILES string of the molecule is CN1CCC(C2(O)CCOCC2)CC1. The van der Waals surface area contributed by atoms with Crippen molar-refractivity contribution in [2.45, 2.75) is 31.3 Å². The average Bonchev–Trinajstić information content (AvgIpc) is 2.19. The zero-order chi connectivity index (χ0) is 10.0. The molecule has 0 aliphatic carbocycles. The van der Waals surface area contributed by atoms with E-state index in [4.69, 9.17) is 4.74 Å². The lowest BCUT2D eigenvalue weighted by molar-refractivity contribution is -0.110. The standard InChI is InChI=1S/C11H21NO2/c1-12-6-2-10(3-7-12)11(13)4-8-14-9-5-11/h10,13H,2-9H2,1H3. The minimum Gasteiger partial charge on any atom is -0.389 e. The minimum atomic E-state index is -0.417. The molecule has 82 valence electrons. The van der Waals surface area contributed by atoms with Crippen LogP contribution < -0.4 is 0 Å². The summed E-state index contributed by atoms with van der Waals surface area (Å²) in [4.78, 5) is 2.35. The second kappa shape index (κ2) is 4.17. The van der Waals surface area contributed by atoms with Crippen LogP contribution in [0.2, 0.25) is 0 Å². The maximum atomic E-state index is 10.5. The van der Waals surface area contributed by atoms with E-state index < -0.39 is 5.60 Å². The third-order valence-corrected chi connectivity index (χ3v) is 3.84. The van der Waals surface area contributed by atoms with Gasteiger partial charge >= 0.3 is 0 Å². The van der Waals surface area contributed by atoms with Crippen molar-refractivity contribution >= 4 is 0 Å². The van der Waals surface area contributed by atoms with E-state index in [9.17, 15) is 5.11 Å². The normalized spacial score (nSPS) is 30.4. The van der Waals surface area contributed by atoms with E-state index >= 15 is 0 Å². The number of nitrogens with zero attached hydrogens (tertiary/aromatic N) is 1. The predicted octanol–water partition coefficient (Wildman–Crippen LogP) is 0.870. The van der Waals surface area contributed by atoms with E-state index in [0.29, 0.717) is 5.92 Å². The summed E-state index contributed by atoms with van der Waals surface area (Å²) < 4.78 is 5.31. The van der Waals surface area contributed by atoms with Gasteiger partial charge in [-0.05, 0) is 51.7 Å². The largest absolute Gasteiger partial charge is 0.389 e. The molecule has 0 atom stereocenters. The highest BCUT2D eigenvalue weighted by molar-refractivity contribution is 4.90. The molecule has 2 heterocycles. The maximum Gasteiger partial charge on any atom is 0.0720 e. The first kappa shape index (κ1) is 10.4. The minimum absolute atomic E-state index is 0.417. The summed E-state index contributed by atoms with van der Waals surface area (Å²) in [6.45, 7) is 3.74. The molecule has 0 aromatic rings. The van der Waals surface area contributed by atoms with E-state index in [2.05, 4.69) is 11.9 Å². The molecule has 3 nitrogen and oxygen atoms in total. The highest BCUT2D eigenvalue weighted by Crippen LogP contribution is 2.35. The average molecular weight is 199 g/mol. The van der Waals surface area contributed by atoms with Gasteiger partial charge in [0.1, 0.15) is 0 Å². The maximum absolute atomic E-state index is 10.5. The number of hydrogen-bond acceptors (Lipinski definition) is 3. The zero-order valence-electron chi connectivity index (χ0n) is 9.04. The topological polar surface area (TPSA) is 32.7 Å². The Balaban J connectivity index is 1.92. The molecule has 0 spiro atoms. The third-order valence-electron chi connectivity index (χ3n) is 3.84. The molecule has 3 heteroatoms. The number of likely N-dealkylation sites (tertiary alicyclic amines) is 1. The van der Waals surface area contributed by atoms with Crippen LogP contribution in [-0.4, -0.2) is 49.0 Å². The molecule has 2 fully saturated rings. The smallest absolute Gasteiger partial charge is 0.0720 e. The van der Waals surface area contributed by atoms with Crippen LogP contribution in [0.3, 0.4) is 0 Å². The quantitative estimate of drug-likeness (QED) is 0.680. The van der Waals surface area contributed by atoms with Crippen molar-refractivity contribution in [3.8, 4) is 0 Å². The van der Waals surface area contributed by atoms with E-state index in [-0.39, 0.29) is 0 Å². The van der Waals surface area contributed by atoms with Gasteiger partial charge in [0.2, 0.25) is 0 Å². The fraction of sp³-hybridized carbons (Fsp3) is 1.00. The van der Waals surface area contributed by atoms with Gasteiger partial charge in [-0.1, -0.05) is 0 Å². The fourth-order valence-electron chi connectivity index (χ4n) is 2.68. The highest BCUT2D eigenvalue weighted by atomic mass is 16.5. The highest BCUT2D eigenvalue weighted by Gasteiger charge is 2.39. The number of rotatable bonds is 1. The molecule has 1 N–H and O–H groups in total. The Labute approximate surface area is 86.0 Å². The molecule has 2 aliphatic heterocycles. The van der Waals surface area contributed by atoms with E-state index in [1.54, 1.807) is 0 Å². The Morgan fingerprint density at radius 3 is 2.36 bits per heavy atom. The van der Waals surface area contributed by atoms with Crippen molar-refractivity contribution in [3.05, 3.63) is 0 Å². The molecule has 2 aliphatic rings. The van der Waals surface area contributed by atoms with Gasteiger partial charge in [0, 0.05) is 13.2 Å². The van der Waals surface area contributed by atoms with Gasteiger partial charge in [-0.25, -0.2) is 0 Å². The molecule has 0 radical (unpaired) electrons. The van der Waals surface area contributed by atoms with Crippen molar-refractivity contribution in [1.82, 2.24) is 4.90 Å². The van der Waals surface area contributed by atoms with Gasteiger partial charge in [-0.3, -0.25) is 0 Å². The van der Waals surface area contributed by atoms with Crippen LogP contribution in [0.4, 0.5) is 0 Å². The summed E-state index contributed by atoms with van der Waals surface area (Å²) in [5.74, 6) is 0.502. The lowest BCUT2D eigenvalue weighted by Gasteiger charge is -2.42. The van der Waals surface area contributed by atoms with Gasteiger partial charge < -0.3 is 14.7 Å². The summed E-state index contributed by atoms with van der Waals surface area (Å²) in [6.07, 6.45) is 3.96. The van der Waals surface area contributed by atoms with Crippen LogP contribution in [0, 0.1) is 5.92 Å². The zero-order valence-corrected chi connectivity index (χ0v) is 9.04. The van der Waals surface area contributed by atoms with Crippen LogP contribution in [0.1, 0.15) is 25.7 Å². The van der Waals surface area contributed by atoms with Crippen LogP contribution in [0.25, 0.3) is 0 Å². The summed E-state index contributed by atoms with van der Waals surface area (Å²) in [7, 11) is 2.16. The molecule has 2 rings (SSSR count). The molecule has 0 aromatic heterocycles. The molecular weight excluding hydrogens is 178 g/mol. The Bertz CT molecular complexity index is 182. The summed E-state index contributed by atoms with van der Waals surface area (Å²) in [5.41, 5.74) is -0.417. The van der Waals surface area contributed by atoms with E-state index in [0.717, 1.165) is 52.0 Å². The third kappa shape index (κ3) is 2.10. The Hall–Kier alpha value is -0.120. The molecular formula is C11H21NO2. The number of ether oxygens (including phenoxy) is 1. The number of piperidine rings is 1. The molecule has 0 aromatic carbocycles. The van der Waals surface area contributed by atoms with Crippen molar-refractivity contribution in [3.63, 3.8) is 0 Å². The number of aliphatic hydroxyl groups is 1. The number of hydrogen-bond donors (Lipinski definition) is 1. The van der Waals surface area contributed by atoms with Crippen LogP contribution in [-0.2, 0) is 4.74 Å². The molecule has 0 amide bonds. The molecule has 0 saturated carbocycles. The van der Waals surface area contributed by atoms with Crippen molar-refractivity contribution in [2.24, 2.45) is 5.92 Å². The summed E-state index contributed by atoms with van der Waals surface area (Å²) in [6, 6.07) is 0. The predicted molar refractivity (Wildman–Crippen MR) is 55.2 cm³/mol. The molecule has 14 heavy (non-hydrogen) atoms. The van der Waals surface area contributed by atoms with Crippen LogP contribution >= 0.6 is 0 Å². The van der Waals surface area contributed by atoms with Crippen molar-refractivity contribution in [1.29, 1.82) is 0 Å². The monoisotopic (exact) mass is 199 g/mol. The van der Waals surface area contributed by atoms with Crippen LogP contribution in [0.5, 0.6) is 0 Å². The lowest BCUT2D eigenvalue weighted by Crippen LogP contribution is -2.47. The first-order valence-electron chi connectivity index (χ1n) is 5.69. The first-order chi connectivity index (χ1) is 6.71. The first-order valence-corrected chi connectivity index (χ1v) is 5.69. The molecule has 2 saturated heterocycles. The van der Waals surface area contributed by atoms with Gasteiger partial charge in [0.15, 0.2) is 0 Å². The van der Waals surface area contributed by atoms with Gasteiger partial charge in [0.05, 0.1) is 5.60 Å². The van der Waals surface area contributed by atoms with Gasteiger partial charge in [0.25, 0.3) is 0 Å². The molecule has 0 bridgehead atoms. The van der Waals surface area contributed by atoms with E-state index in [1.165, 1.54) is 0 Å². The Morgan fingerprint density at radius 1 is 1.21 bits per heavy atom. The fourth-order valence-corrected chi connectivity index (χ4v) is 2.68. The lowest BCUT2D eigenvalue weighted by atomic mass is 9.76. The second-order valence-corrected chi connectivity index (χ2v) is 4.79. The van der Waals surface area contributed by atoms with Crippen molar-refractivity contribution < 1.29 is 9.84 Å². The van der Waals surface area contributed by atoms with Crippen molar-refractivity contribution in [2.75, 3.05) is 33.4 Å². The van der Waals surface area contributed by atoms with Gasteiger partial charge in [-0.15, -0.1) is 0 Å². The summed E-state index contributed by atoms with van der Waals surface area (Å²) in [5, 5.41) is 10.5. The van der Waals surface area contributed by atoms with E-state index in [1.807, 2.05) is 0 Å². The molecule has 0 unspecified atom stereocenters. The van der Waals surface area contributed by atoms with Crippen LogP contribution in [0.15, 0.2) is 0 Å². The summed E-state index contributed by atoms with van der Waals surface area (Å²) >= 11 is 0. The Kier molecular flexibility index (Phi) is 3.10. The van der Waals surface area contributed by atoms with Gasteiger partial charge in [-0.2, -0.15) is 0 Å². The second-order valence-electron chi connectivity index (χ2n) is 4.79.